The molecule has 3 atom stereocenters. The topological polar surface area (TPSA) is 38.8 Å². The molecule has 1 aromatic rings. The molecule has 0 radical (unpaired) electrons. The van der Waals surface area contributed by atoms with Crippen molar-refractivity contribution in [1.29, 1.82) is 0 Å². The SMILES string of the molecule is CC(C)[Si](O[C@@H](C)[C@@H]1O[C@H](c2ccccc2)CC(=O)N1C)(C(C)C)C(C)C. The van der Waals surface area contributed by atoms with Gasteiger partial charge in [0.2, 0.25) is 14.2 Å². The summed E-state index contributed by atoms with van der Waals surface area (Å²) in [4.78, 5) is 14.4. The summed E-state index contributed by atoms with van der Waals surface area (Å²) in [6.45, 7) is 15.7. The van der Waals surface area contributed by atoms with E-state index in [0.29, 0.717) is 23.0 Å². The Labute approximate surface area is 166 Å². The number of hydrogen-bond donors (Lipinski definition) is 0. The third kappa shape index (κ3) is 4.46. The Hall–Kier alpha value is -1.17. The second-order valence-electron chi connectivity index (χ2n) is 8.78. The molecule has 0 spiro atoms. The average Bonchev–Trinajstić information content (AvgIpc) is 2.61. The highest BCUT2D eigenvalue weighted by atomic mass is 28.4. The first-order chi connectivity index (χ1) is 12.6. The summed E-state index contributed by atoms with van der Waals surface area (Å²) in [6, 6.07) is 10.0. The summed E-state index contributed by atoms with van der Waals surface area (Å²) in [5.74, 6) is 0.112. The van der Waals surface area contributed by atoms with E-state index in [1.807, 2.05) is 37.4 Å². The van der Waals surface area contributed by atoms with Gasteiger partial charge < -0.3 is 14.1 Å². The molecule has 0 unspecified atom stereocenters. The normalized spacial score (nSPS) is 22.8. The Balaban J connectivity index is 2.26. The highest BCUT2D eigenvalue weighted by Gasteiger charge is 2.48. The molecule has 27 heavy (non-hydrogen) atoms. The zero-order chi connectivity index (χ0) is 20.4. The highest BCUT2D eigenvalue weighted by molar-refractivity contribution is 6.77. The van der Waals surface area contributed by atoms with Crippen molar-refractivity contribution in [3.63, 3.8) is 0 Å². The Morgan fingerprint density at radius 1 is 1.00 bits per heavy atom. The predicted molar refractivity (Wildman–Crippen MR) is 113 cm³/mol. The largest absolute Gasteiger partial charge is 0.409 e. The number of carbonyl (C=O) groups is 1. The molecule has 1 heterocycles. The van der Waals surface area contributed by atoms with E-state index in [0.717, 1.165) is 5.56 Å². The maximum absolute atomic E-state index is 12.7. The zero-order valence-electron chi connectivity index (χ0n) is 18.2. The molecule has 1 aliphatic heterocycles. The Morgan fingerprint density at radius 3 is 2.00 bits per heavy atom. The maximum atomic E-state index is 12.7. The lowest BCUT2D eigenvalue weighted by Gasteiger charge is -2.47. The number of rotatable bonds is 7. The average molecular weight is 392 g/mol. The molecule has 2 rings (SSSR count). The molecular formula is C22H37NO3Si. The number of likely N-dealkylation sites (N-methyl/N-ethyl adjacent to an activating group) is 1. The summed E-state index contributed by atoms with van der Waals surface area (Å²) in [5, 5.41) is 0. The van der Waals surface area contributed by atoms with E-state index in [1.54, 1.807) is 4.90 Å². The van der Waals surface area contributed by atoms with Gasteiger partial charge in [0.1, 0.15) is 0 Å². The Morgan fingerprint density at radius 2 is 1.52 bits per heavy atom. The minimum absolute atomic E-state index is 0.112. The van der Waals surface area contributed by atoms with Crippen LogP contribution in [0.3, 0.4) is 0 Å². The molecule has 1 aliphatic rings. The van der Waals surface area contributed by atoms with Crippen LogP contribution in [0, 0.1) is 0 Å². The van der Waals surface area contributed by atoms with Crippen molar-refractivity contribution >= 4 is 14.2 Å². The first-order valence-electron chi connectivity index (χ1n) is 10.2. The van der Waals surface area contributed by atoms with Gasteiger partial charge in [-0.15, -0.1) is 0 Å². The molecule has 0 saturated carbocycles. The standard InChI is InChI=1S/C22H37NO3Si/c1-15(2)27(16(3)4,17(5)6)26-18(7)22-23(8)21(24)14-20(25-22)19-12-10-9-11-13-19/h9-13,15-18,20,22H,14H2,1-8H3/t18-,20-,22-/m0/s1. The maximum Gasteiger partial charge on any atom is 0.227 e. The van der Waals surface area contributed by atoms with Crippen LogP contribution in [0.25, 0.3) is 0 Å². The van der Waals surface area contributed by atoms with Crippen molar-refractivity contribution in [2.75, 3.05) is 7.05 Å². The van der Waals surface area contributed by atoms with Crippen molar-refractivity contribution in [3.8, 4) is 0 Å². The van der Waals surface area contributed by atoms with Crippen LogP contribution in [0.5, 0.6) is 0 Å². The van der Waals surface area contributed by atoms with Gasteiger partial charge in [0.15, 0.2) is 6.23 Å². The molecule has 5 heteroatoms. The first kappa shape index (κ1) is 22.1. The Kier molecular flexibility index (Phi) is 7.28. The van der Waals surface area contributed by atoms with Crippen LogP contribution in [-0.2, 0) is 14.0 Å². The van der Waals surface area contributed by atoms with E-state index in [1.165, 1.54) is 0 Å². The summed E-state index contributed by atoms with van der Waals surface area (Å²) < 4.78 is 13.3. The first-order valence-corrected chi connectivity index (χ1v) is 12.4. The lowest BCUT2D eigenvalue weighted by Crippen LogP contribution is -2.57. The van der Waals surface area contributed by atoms with Crippen LogP contribution in [0.2, 0.25) is 16.6 Å². The van der Waals surface area contributed by atoms with Crippen LogP contribution in [0.15, 0.2) is 30.3 Å². The molecule has 0 bridgehead atoms. The molecule has 1 amide bonds. The van der Waals surface area contributed by atoms with E-state index < -0.39 is 8.32 Å². The number of benzene rings is 1. The highest BCUT2D eigenvalue weighted by Crippen LogP contribution is 2.44. The molecular weight excluding hydrogens is 354 g/mol. The van der Waals surface area contributed by atoms with E-state index in [2.05, 4.69) is 48.5 Å². The molecule has 152 valence electrons. The van der Waals surface area contributed by atoms with Crippen LogP contribution < -0.4 is 0 Å². The predicted octanol–water partition coefficient (Wildman–Crippen LogP) is 5.51. The van der Waals surface area contributed by atoms with Crippen molar-refractivity contribution in [2.24, 2.45) is 0 Å². The summed E-state index contributed by atoms with van der Waals surface area (Å²) in [7, 11) is -0.215. The third-order valence-electron chi connectivity index (χ3n) is 6.11. The van der Waals surface area contributed by atoms with Crippen LogP contribution in [0.1, 0.15) is 66.6 Å². The van der Waals surface area contributed by atoms with E-state index in [4.69, 9.17) is 9.16 Å². The Bertz CT molecular complexity index is 595. The molecule has 1 saturated heterocycles. The summed E-state index contributed by atoms with van der Waals surface area (Å²) in [5.41, 5.74) is 2.54. The molecule has 0 aromatic heterocycles. The van der Waals surface area contributed by atoms with Gasteiger partial charge in [0, 0.05) is 7.05 Å². The summed E-state index contributed by atoms with van der Waals surface area (Å²) in [6.07, 6.45) is -0.353. The second kappa shape index (κ2) is 8.89. The van der Waals surface area contributed by atoms with E-state index in [-0.39, 0.29) is 24.3 Å². The number of ether oxygens (including phenoxy) is 1. The number of carbonyl (C=O) groups excluding carboxylic acids is 1. The molecule has 1 fully saturated rings. The minimum Gasteiger partial charge on any atom is -0.409 e. The number of amides is 1. The fourth-order valence-electron chi connectivity index (χ4n) is 4.83. The van der Waals surface area contributed by atoms with Gasteiger partial charge in [-0.2, -0.15) is 0 Å². The van der Waals surface area contributed by atoms with E-state index in [9.17, 15) is 4.79 Å². The smallest absolute Gasteiger partial charge is 0.227 e. The van der Waals surface area contributed by atoms with Crippen LogP contribution in [-0.4, -0.2) is 38.5 Å². The van der Waals surface area contributed by atoms with Crippen molar-refractivity contribution in [1.82, 2.24) is 4.90 Å². The van der Waals surface area contributed by atoms with Crippen LogP contribution in [0.4, 0.5) is 0 Å². The quantitative estimate of drug-likeness (QED) is 0.575. The van der Waals surface area contributed by atoms with Crippen molar-refractivity contribution in [2.45, 2.75) is 89.9 Å². The monoisotopic (exact) mass is 391 g/mol. The van der Waals surface area contributed by atoms with E-state index >= 15 is 0 Å². The van der Waals surface area contributed by atoms with Gasteiger partial charge in [0.25, 0.3) is 0 Å². The van der Waals surface area contributed by atoms with Gasteiger partial charge in [-0.3, -0.25) is 4.79 Å². The minimum atomic E-state index is -2.05. The van der Waals surface area contributed by atoms with Crippen molar-refractivity contribution < 1.29 is 14.0 Å². The molecule has 0 aliphatic carbocycles. The zero-order valence-corrected chi connectivity index (χ0v) is 19.2. The van der Waals surface area contributed by atoms with Gasteiger partial charge in [-0.05, 0) is 29.1 Å². The van der Waals surface area contributed by atoms with Gasteiger partial charge >= 0.3 is 0 Å². The summed E-state index contributed by atoms with van der Waals surface area (Å²) >= 11 is 0. The fourth-order valence-corrected chi connectivity index (χ4v) is 10.4. The molecule has 0 N–H and O–H groups in total. The third-order valence-corrected chi connectivity index (χ3v) is 12.3. The van der Waals surface area contributed by atoms with Crippen LogP contribution >= 0.6 is 0 Å². The van der Waals surface area contributed by atoms with Gasteiger partial charge in [-0.25, -0.2) is 0 Å². The molecule has 1 aromatic carbocycles. The van der Waals surface area contributed by atoms with Crippen molar-refractivity contribution in [3.05, 3.63) is 35.9 Å². The fraction of sp³-hybridized carbons (Fsp3) is 0.682. The van der Waals surface area contributed by atoms with Gasteiger partial charge in [-0.1, -0.05) is 71.9 Å². The lowest BCUT2D eigenvalue weighted by atomic mass is 10.0. The molecule has 4 nitrogen and oxygen atoms in total. The van der Waals surface area contributed by atoms with Gasteiger partial charge in [0.05, 0.1) is 18.6 Å². The lowest BCUT2D eigenvalue weighted by molar-refractivity contribution is -0.188. The number of hydrogen-bond acceptors (Lipinski definition) is 3. The second-order valence-corrected chi connectivity index (χ2v) is 14.2. The number of nitrogens with zero attached hydrogens (tertiary/aromatic N) is 1.